The van der Waals surface area contributed by atoms with E-state index in [1.807, 2.05) is 32.0 Å². The highest BCUT2D eigenvalue weighted by Gasteiger charge is 2.20. The maximum absolute atomic E-state index is 8.90. The van der Waals surface area contributed by atoms with Crippen LogP contribution in [0.3, 0.4) is 0 Å². The van der Waals surface area contributed by atoms with Gasteiger partial charge in [0.1, 0.15) is 0 Å². The van der Waals surface area contributed by atoms with Crippen LogP contribution >= 0.6 is 15.9 Å². The lowest BCUT2D eigenvalue weighted by Crippen LogP contribution is -2.34. The predicted molar refractivity (Wildman–Crippen MR) is 62.1 cm³/mol. The van der Waals surface area contributed by atoms with E-state index in [-0.39, 0.29) is 6.61 Å². The van der Waals surface area contributed by atoms with Crippen molar-refractivity contribution in [3.8, 4) is 0 Å². The summed E-state index contributed by atoms with van der Waals surface area (Å²) in [5.41, 5.74) is 7.87. The molecule has 1 aromatic rings. The van der Waals surface area contributed by atoms with Crippen LogP contribution in [0.15, 0.2) is 22.7 Å². The summed E-state index contributed by atoms with van der Waals surface area (Å²) in [7, 11) is 0. The second-order valence-corrected chi connectivity index (χ2v) is 4.71. The third-order valence-corrected chi connectivity index (χ3v) is 3.32. The van der Waals surface area contributed by atoms with Gasteiger partial charge in [-0.3, -0.25) is 0 Å². The van der Waals surface area contributed by atoms with E-state index in [4.69, 9.17) is 10.8 Å². The molecule has 1 rings (SSSR count). The monoisotopic (exact) mass is 257 g/mol. The lowest BCUT2D eigenvalue weighted by atomic mass is 9.90. The normalized spacial score (nSPS) is 15.2. The second-order valence-electron chi connectivity index (χ2n) is 3.86. The SMILES string of the molecule is Cc1ccc([C@](C)(N)CCO)cc1Br. The van der Waals surface area contributed by atoms with Crippen molar-refractivity contribution in [3.05, 3.63) is 33.8 Å². The quantitative estimate of drug-likeness (QED) is 0.873. The van der Waals surface area contributed by atoms with Gasteiger partial charge in [0.15, 0.2) is 0 Å². The summed E-state index contributed by atoms with van der Waals surface area (Å²) in [6.45, 7) is 4.08. The number of halogens is 1. The number of benzene rings is 1. The standard InChI is InChI=1S/C11H16BrNO/c1-8-3-4-9(7-10(8)12)11(2,13)5-6-14/h3-4,7,14H,5-6,13H2,1-2H3/t11-/m1/s1. The van der Waals surface area contributed by atoms with Gasteiger partial charge in [-0.25, -0.2) is 0 Å². The van der Waals surface area contributed by atoms with Gasteiger partial charge >= 0.3 is 0 Å². The lowest BCUT2D eigenvalue weighted by Gasteiger charge is -2.24. The van der Waals surface area contributed by atoms with Gasteiger partial charge in [0, 0.05) is 16.6 Å². The maximum Gasteiger partial charge on any atom is 0.0451 e. The highest BCUT2D eigenvalue weighted by Crippen LogP contribution is 2.26. The maximum atomic E-state index is 8.90. The van der Waals surface area contributed by atoms with E-state index in [2.05, 4.69) is 15.9 Å². The highest BCUT2D eigenvalue weighted by molar-refractivity contribution is 9.10. The molecule has 0 aliphatic heterocycles. The highest BCUT2D eigenvalue weighted by atomic mass is 79.9. The molecule has 0 unspecified atom stereocenters. The Hall–Kier alpha value is -0.380. The van der Waals surface area contributed by atoms with Gasteiger partial charge in [0.05, 0.1) is 0 Å². The van der Waals surface area contributed by atoms with Crippen LogP contribution in [0.4, 0.5) is 0 Å². The predicted octanol–water partition coefficient (Wildman–Crippen LogP) is 2.31. The summed E-state index contributed by atoms with van der Waals surface area (Å²) in [5.74, 6) is 0. The van der Waals surface area contributed by atoms with E-state index < -0.39 is 5.54 Å². The minimum Gasteiger partial charge on any atom is -0.396 e. The summed E-state index contributed by atoms with van der Waals surface area (Å²) >= 11 is 3.47. The molecule has 3 heteroatoms. The summed E-state index contributed by atoms with van der Waals surface area (Å²) in [6, 6.07) is 6.06. The fraction of sp³-hybridized carbons (Fsp3) is 0.455. The summed E-state index contributed by atoms with van der Waals surface area (Å²) in [5, 5.41) is 8.90. The van der Waals surface area contributed by atoms with Crippen molar-refractivity contribution < 1.29 is 5.11 Å². The van der Waals surface area contributed by atoms with E-state index in [1.54, 1.807) is 0 Å². The first-order valence-corrected chi connectivity index (χ1v) is 5.43. The molecule has 0 fully saturated rings. The van der Waals surface area contributed by atoms with Crippen LogP contribution in [0.25, 0.3) is 0 Å². The van der Waals surface area contributed by atoms with E-state index in [0.717, 1.165) is 10.0 Å². The zero-order valence-electron chi connectivity index (χ0n) is 8.55. The van der Waals surface area contributed by atoms with Crippen molar-refractivity contribution in [2.75, 3.05) is 6.61 Å². The molecule has 0 aliphatic rings. The summed E-state index contributed by atoms with van der Waals surface area (Å²) in [4.78, 5) is 0. The van der Waals surface area contributed by atoms with Gasteiger partial charge in [0.25, 0.3) is 0 Å². The molecular formula is C11H16BrNO. The van der Waals surface area contributed by atoms with E-state index in [0.29, 0.717) is 6.42 Å². The number of hydrogen-bond donors (Lipinski definition) is 2. The van der Waals surface area contributed by atoms with Gasteiger partial charge in [0.2, 0.25) is 0 Å². The Morgan fingerprint density at radius 1 is 1.50 bits per heavy atom. The molecule has 0 heterocycles. The van der Waals surface area contributed by atoms with Crippen LogP contribution in [-0.2, 0) is 5.54 Å². The first-order chi connectivity index (χ1) is 6.47. The second kappa shape index (κ2) is 4.43. The number of aliphatic hydroxyl groups is 1. The number of aryl methyl sites for hydroxylation is 1. The fourth-order valence-corrected chi connectivity index (χ4v) is 1.70. The topological polar surface area (TPSA) is 46.2 Å². The molecule has 0 aromatic heterocycles. The van der Waals surface area contributed by atoms with Crippen molar-refractivity contribution >= 4 is 15.9 Å². The van der Waals surface area contributed by atoms with Crippen molar-refractivity contribution in [1.82, 2.24) is 0 Å². The Kier molecular flexibility index (Phi) is 3.70. The van der Waals surface area contributed by atoms with E-state index in [9.17, 15) is 0 Å². The number of aliphatic hydroxyl groups excluding tert-OH is 1. The van der Waals surface area contributed by atoms with Crippen molar-refractivity contribution in [3.63, 3.8) is 0 Å². The van der Waals surface area contributed by atoms with Crippen LogP contribution in [0, 0.1) is 6.92 Å². The Balaban J connectivity index is 3.01. The zero-order chi connectivity index (χ0) is 10.8. The van der Waals surface area contributed by atoms with Crippen molar-refractivity contribution in [2.24, 2.45) is 5.73 Å². The molecule has 0 spiro atoms. The van der Waals surface area contributed by atoms with Crippen molar-refractivity contribution in [1.29, 1.82) is 0 Å². The zero-order valence-corrected chi connectivity index (χ0v) is 10.1. The fourth-order valence-electron chi connectivity index (χ4n) is 1.32. The Morgan fingerprint density at radius 3 is 2.64 bits per heavy atom. The molecule has 2 nitrogen and oxygen atoms in total. The van der Waals surface area contributed by atoms with Crippen molar-refractivity contribution in [2.45, 2.75) is 25.8 Å². The Morgan fingerprint density at radius 2 is 2.14 bits per heavy atom. The molecule has 78 valence electrons. The Bertz CT molecular complexity index is 323. The molecule has 0 bridgehead atoms. The molecule has 0 amide bonds. The first-order valence-electron chi connectivity index (χ1n) is 4.64. The molecule has 1 aromatic carbocycles. The number of hydrogen-bond acceptors (Lipinski definition) is 2. The minimum atomic E-state index is -0.453. The molecule has 0 saturated heterocycles. The first kappa shape index (κ1) is 11.7. The largest absolute Gasteiger partial charge is 0.396 e. The summed E-state index contributed by atoms with van der Waals surface area (Å²) in [6.07, 6.45) is 0.572. The average molecular weight is 258 g/mol. The number of rotatable bonds is 3. The molecule has 0 aliphatic carbocycles. The van der Waals surface area contributed by atoms with E-state index in [1.165, 1.54) is 5.56 Å². The van der Waals surface area contributed by atoms with Gasteiger partial charge in [-0.1, -0.05) is 28.1 Å². The third kappa shape index (κ3) is 2.56. The number of nitrogens with two attached hydrogens (primary N) is 1. The molecule has 3 N–H and O–H groups in total. The molecule has 0 radical (unpaired) electrons. The van der Waals surface area contributed by atoms with Gasteiger partial charge < -0.3 is 10.8 Å². The average Bonchev–Trinajstić information content (AvgIpc) is 2.09. The van der Waals surface area contributed by atoms with Crippen LogP contribution < -0.4 is 5.73 Å². The third-order valence-electron chi connectivity index (χ3n) is 2.46. The van der Waals surface area contributed by atoms with E-state index >= 15 is 0 Å². The van der Waals surface area contributed by atoms with Crippen LogP contribution in [0.2, 0.25) is 0 Å². The van der Waals surface area contributed by atoms with Crippen LogP contribution in [0.1, 0.15) is 24.5 Å². The molecule has 1 atom stereocenters. The van der Waals surface area contributed by atoms with Gasteiger partial charge in [-0.05, 0) is 37.5 Å². The summed E-state index contributed by atoms with van der Waals surface area (Å²) < 4.78 is 1.06. The molecular weight excluding hydrogens is 242 g/mol. The van der Waals surface area contributed by atoms with Gasteiger partial charge in [-0.2, -0.15) is 0 Å². The smallest absolute Gasteiger partial charge is 0.0451 e. The molecule has 14 heavy (non-hydrogen) atoms. The van der Waals surface area contributed by atoms with Crippen LogP contribution in [0.5, 0.6) is 0 Å². The van der Waals surface area contributed by atoms with Crippen LogP contribution in [-0.4, -0.2) is 11.7 Å². The lowest BCUT2D eigenvalue weighted by molar-refractivity contribution is 0.247. The molecule has 0 saturated carbocycles. The minimum absolute atomic E-state index is 0.110. The Labute approximate surface area is 93.3 Å². The van der Waals surface area contributed by atoms with Gasteiger partial charge in [-0.15, -0.1) is 0 Å².